The molecule has 0 radical (unpaired) electrons. The van der Waals surface area contributed by atoms with Crippen molar-refractivity contribution >= 4 is 51.7 Å². The summed E-state index contributed by atoms with van der Waals surface area (Å²) in [6.07, 6.45) is 1.50. The average Bonchev–Trinajstić information content (AvgIpc) is 2.76. The van der Waals surface area contributed by atoms with E-state index in [9.17, 15) is 14.0 Å². The zero-order valence-corrected chi connectivity index (χ0v) is 18.4. The summed E-state index contributed by atoms with van der Waals surface area (Å²) in [5, 5.41) is 4.02. The molecule has 1 saturated heterocycles. The van der Waals surface area contributed by atoms with Gasteiger partial charge in [-0.3, -0.25) is 14.9 Å². The minimum absolute atomic E-state index is 0.0179. The first-order valence-corrected chi connectivity index (χ1v) is 10.6. The highest BCUT2D eigenvalue weighted by molar-refractivity contribution is 7.80. The van der Waals surface area contributed by atoms with Crippen LogP contribution in [-0.4, -0.2) is 23.5 Å². The van der Waals surface area contributed by atoms with E-state index < -0.39 is 17.6 Å². The lowest BCUT2D eigenvalue weighted by Crippen LogP contribution is -2.54. The van der Waals surface area contributed by atoms with Crippen LogP contribution in [0.2, 0.25) is 0 Å². The van der Waals surface area contributed by atoms with Crippen LogP contribution in [0.3, 0.4) is 0 Å². The first kappa shape index (κ1) is 21.6. The van der Waals surface area contributed by atoms with Crippen molar-refractivity contribution in [3.8, 4) is 5.75 Å². The standard InChI is InChI=1S/C25H21FN2O3S/c1-15(2)14-31-22-12-11-16(17-7-3-4-8-18(17)22)13-19-23(29)27-25(32)28(24(19)30)21-10-6-5-9-20(21)26/h3-13,15H,14H2,1-2H3,(H,27,29,32)/b19-13+. The summed E-state index contributed by atoms with van der Waals surface area (Å²) < 4.78 is 20.3. The summed E-state index contributed by atoms with van der Waals surface area (Å²) in [5.41, 5.74) is 0.510. The number of thiocarbonyl (C=S) groups is 1. The highest BCUT2D eigenvalue weighted by Gasteiger charge is 2.35. The molecule has 162 valence electrons. The molecule has 5 nitrogen and oxygen atoms in total. The van der Waals surface area contributed by atoms with Crippen molar-refractivity contribution < 1.29 is 18.7 Å². The number of carbonyl (C=O) groups is 2. The summed E-state index contributed by atoms with van der Waals surface area (Å²) in [6, 6.07) is 17.0. The summed E-state index contributed by atoms with van der Waals surface area (Å²) in [7, 11) is 0. The first-order chi connectivity index (χ1) is 15.4. The molecule has 7 heteroatoms. The fourth-order valence-corrected chi connectivity index (χ4v) is 3.74. The number of amides is 2. The van der Waals surface area contributed by atoms with Gasteiger partial charge in [0.15, 0.2) is 5.11 Å². The Labute approximate surface area is 190 Å². The average molecular weight is 449 g/mol. The van der Waals surface area contributed by atoms with Gasteiger partial charge in [-0.15, -0.1) is 0 Å². The van der Waals surface area contributed by atoms with E-state index in [2.05, 4.69) is 19.2 Å². The number of carbonyl (C=O) groups excluding carboxylic acids is 2. The van der Waals surface area contributed by atoms with E-state index in [1.54, 1.807) is 12.1 Å². The van der Waals surface area contributed by atoms with Gasteiger partial charge in [0.05, 0.1) is 12.3 Å². The number of nitrogens with zero attached hydrogens (tertiary/aromatic N) is 1. The minimum atomic E-state index is -0.687. The highest BCUT2D eigenvalue weighted by atomic mass is 32.1. The van der Waals surface area contributed by atoms with Crippen LogP contribution in [-0.2, 0) is 9.59 Å². The molecule has 0 aliphatic carbocycles. The molecule has 0 aromatic heterocycles. The van der Waals surface area contributed by atoms with E-state index in [-0.39, 0.29) is 16.4 Å². The van der Waals surface area contributed by atoms with Crippen molar-refractivity contribution in [1.29, 1.82) is 0 Å². The van der Waals surface area contributed by atoms with Gasteiger partial charge in [0.1, 0.15) is 17.1 Å². The van der Waals surface area contributed by atoms with E-state index in [4.69, 9.17) is 17.0 Å². The Morgan fingerprint density at radius 2 is 1.72 bits per heavy atom. The molecule has 1 heterocycles. The third-order valence-electron chi connectivity index (χ3n) is 4.98. The van der Waals surface area contributed by atoms with Crippen LogP contribution in [0.15, 0.2) is 66.2 Å². The number of nitrogens with one attached hydrogen (secondary N) is 1. The molecule has 0 spiro atoms. The second kappa shape index (κ2) is 8.88. The predicted octanol–water partition coefficient (Wildman–Crippen LogP) is 4.85. The van der Waals surface area contributed by atoms with Gasteiger partial charge in [-0.2, -0.15) is 0 Å². The van der Waals surface area contributed by atoms with Crippen molar-refractivity contribution in [3.05, 3.63) is 77.6 Å². The fraction of sp³-hybridized carbons (Fsp3) is 0.160. The van der Waals surface area contributed by atoms with Crippen LogP contribution in [0.5, 0.6) is 5.75 Å². The normalized spacial score (nSPS) is 15.6. The lowest BCUT2D eigenvalue weighted by Gasteiger charge is -2.29. The molecule has 1 N–H and O–H groups in total. The Kier molecular flexibility index (Phi) is 6.01. The van der Waals surface area contributed by atoms with Gasteiger partial charge in [0.2, 0.25) is 0 Å². The molecular weight excluding hydrogens is 427 g/mol. The number of halogens is 1. The van der Waals surface area contributed by atoms with Crippen molar-refractivity contribution in [2.45, 2.75) is 13.8 Å². The van der Waals surface area contributed by atoms with Crippen LogP contribution < -0.4 is 15.0 Å². The molecule has 3 aromatic rings. The molecule has 1 aliphatic rings. The van der Waals surface area contributed by atoms with Crippen LogP contribution in [0.1, 0.15) is 19.4 Å². The third-order valence-corrected chi connectivity index (χ3v) is 5.27. The third kappa shape index (κ3) is 4.11. The van der Waals surface area contributed by atoms with E-state index >= 15 is 0 Å². The van der Waals surface area contributed by atoms with E-state index in [1.807, 2.05) is 30.3 Å². The molecule has 2 amide bonds. The largest absolute Gasteiger partial charge is 0.493 e. The first-order valence-electron chi connectivity index (χ1n) is 10.2. The number of hydrogen-bond acceptors (Lipinski definition) is 4. The molecule has 0 saturated carbocycles. The van der Waals surface area contributed by atoms with Crippen molar-refractivity contribution in [3.63, 3.8) is 0 Å². The summed E-state index contributed by atoms with van der Waals surface area (Å²) >= 11 is 5.15. The Balaban J connectivity index is 1.78. The molecule has 1 fully saturated rings. The van der Waals surface area contributed by atoms with Gasteiger partial charge in [-0.1, -0.05) is 56.3 Å². The summed E-state index contributed by atoms with van der Waals surface area (Å²) in [5.74, 6) is -0.835. The molecule has 1 aliphatic heterocycles. The van der Waals surface area contributed by atoms with Crippen molar-refractivity contribution in [2.75, 3.05) is 11.5 Å². The molecular formula is C25H21FN2O3S. The Hall–Kier alpha value is -3.58. The minimum Gasteiger partial charge on any atom is -0.493 e. The van der Waals surface area contributed by atoms with Gasteiger partial charge in [0.25, 0.3) is 11.8 Å². The maximum Gasteiger partial charge on any atom is 0.270 e. The molecule has 4 rings (SSSR count). The number of hydrogen-bond donors (Lipinski definition) is 1. The molecule has 3 aromatic carbocycles. The lowest BCUT2D eigenvalue weighted by molar-refractivity contribution is -0.122. The van der Waals surface area contributed by atoms with E-state index in [0.717, 1.165) is 21.4 Å². The SMILES string of the molecule is CC(C)COc1ccc(/C=C2\C(=O)NC(=S)N(c3ccccc3F)C2=O)c2ccccc12. The lowest BCUT2D eigenvalue weighted by atomic mass is 10.00. The van der Waals surface area contributed by atoms with Gasteiger partial charge >= 0.3 is 0 Å². The van der Waals surface area contributed by atoms with Gasteiger partial charge in [0, 0.05) is 5.39 Å². The van der Waals surface area contributed by atoms with Crippen LogP contribution >= 0.6 is 12.2 Å². The van der Waals surface area contributed by atoms with E-state index in [0.29, 0.717) is 18.1 Å². The smallest absolute Gasteiger partial charge is 0.270 e. The van der Waals surface area contributed by atoms with Crippen LogP contribution in [0, 0.1) is 11.7 Å². The van der Waals surface area contributed by atoms with Gasteiger partial charge in [-0.25, -0.2) is 9.29 Å². The molecule has 32 heavy (non-hydrogen) atoms. The topological polar surface area (TPSA) is 58.6 Å². The maximum absolute atomic E-state index is 14.4. The zero-order chi connectivity index (χ0) is 22.8. The van der Waals surface area contributed by atoms with E-state index in [1.165, 1.54) is 24.3 Å². The Morgan fingerprint density at radius 1 is 1.03 bits per heavy atom. The quantitative estimate of drug-likeness (QED) is 0.345. The molecule has 0 unspecified atom stereocenters. The molecule has 0 bridgehead atoms. The second-order valence-electron chi connectivity index (χ2n) is 7.81. The predicted molar refractivity (Wildman–Crippen MR) is 127 cm³/mol. The van der Waals surface area contributed by atoms with Gasteiger partial charge < -0.3 is 4.74 Å². The summed E-state index contributed by atoms with van der Waals surface area (Å²) in [6.45, 7) is 4.71. The van der Waals surface area contributed by atoms with Crippen LogP contribution in [0.4, 0.5) is 10.1 Å². The Morgan fingerprint density at radius 3 is 2.44 bits per heavy atom. The zero-order valence-electron chi connectivity index (χ0n) is 17.6. The monoisotopic (exact) mass is 448 g/mol. The van der Waals surface area contributed by atoms with Crippen LogP contribution in [0.25, 0.3) is 16.8 Å². The fourth-order valence-electron chi connectivity index (χ4n) is 3.47. The number of ether oxygens (including phenoxy) is 1. The van der Waals surface area contributed by atoms with Gasteiger partial charge in [-0.05, 0) is 53.4 Å². The summed E-state index contributed by atoms with van der Waals surface area (Å²) in [4.78, 5) is 26.8. The maximum atomic E-state index is 14.4. The number of fused-ring (bicyclic) bond motifs is 1. The number of para-hydroxylation sites is 1. The Bertz CT molecular complexity index is 1270. The van der Waals surface area contributed by atoms with Crippen molar-refractivity contribution in [1.82, 2.24) is 5.32 Å². The highest BCUT2D eigenvalue weighted by Crippen LogP contribution is 2.31. The number of rotatable bonds is 5. The number of anilines is 1. The number of benzene rings is 3. The second-order valence-corrected chi connectivity index (χ2v) is 8.20. The van der Waals surface area contributed by atoms with Crippen molar-refractivity contribution in [2.24, 2.45) is 5.92 Å². The molecule has 0 atom stereocenters.